The van der Waals surface area contributed by atoms with Crippen molar-refractivity contribution in [2.24, 2.45) is 9.98 Å². The van der Waals surface area contributed by atoms with Gasteiger partial charge in [0.25, 0.3) is 5.91 Å². The number of rotatable bonds is 6. The van der Waals surface area contributed by atoms with Crippen molar-refractivity contribution in [2.75, 3.05) is 0 Å². The van der Waals surface area contributed by atoms with Crippen LogP contribution in [-0.4, -0.2) is 64.0 Å². The summed E-state index contributed by atoms with van der Waals surface area (Å²) < 4.78 is 84.9. The lowest BCUT2D eigenvalue weighted by atomic mass is 10.1. The Bertz CT molecular complexity index is 540. The van der Waals surface area contributed by atoms with Crippen LogP contribution in [0.4, 0.5) is 26.3 Å². The van der Waals surface area contributed by atoms with Crippen LogP contribution < -0.4 is 0 Å². The maximum Gasteiger partial charge on any atom is 0.468 e. The molecule has 0 amide bonds. The molecule has 0 bridgehead atoms. The topological polar surface area (TPSA) is 40.4 Å². The molecule has 0 saturated heterocycles. The molecule has 1 heterocycles. The monoisotopic (exact) mass is 418 g/mol. The molecule has 0 aromatic carbocycles. The summed E-state index contributed by atoms with van der Waals surface area (Å²) in [5.74, 6) is -6.20. The van der Waals surface area contributed by atoms with Crippen molar-refractivity contribution in [3.63, 3.8) is 0 Å². The van der Waals surface area contributed by atoms with E-state index in [1.165, 1.54) is 9.80 Å². The van der Waals surface area contributed by atoms with Gasteiger partial charge in [0, 0.05) is 24.2 Å². The van der Waals surface area contributed by atoms with Crippen molar-refractivity contribution in [3.05, 3.63) is 0 Å². The summed E-state index contributed by atoms with van der Waals surface area (Å²) in [6.45, 7) is 13.3. The fourth-order valence-corrected chi connectivity index (χ4v) is 3.62. The van der Waals surface area contributed by atoms with Gasteiger partial charge in [-0.2, -0.15) is 36.3 Å². The minimum atomic E-state index is -5.21. The van der Waals surface area contributed by atoms with E-state index >= 15 is 0 Å². The first-order valence-corrected chi connectivity index (χ1v) is 9.04. The third-order valence-corrected chi connectivity index (χ3v) is 4.10. The highest BCUT2D eigenvalue weighted by Crippen LogP contribution is 2.39. The zero-order chi connectivity index (χ0) is 22.2. The minimum absolute atomic E-state index is 0.463. The van der Waals surface area contributed by atoms with Crippen molar-refractivity contribution in [1.82, 2.24) is 9.80 Å². The summed E-state index contributed by atoms with van der Waals surface area (Å²) in [6, 6.07) is -1.85. The third-order valence-electron chi connectivity index (χ3n) is 4.10. The number of halogens is 6. The third kappa shape index (κ3) is 4.97. The Morgan fingerprint density at radius 3 is 1.07 bits per heavy atom. The van der Waals surface area contributed by atoms with Crippen molar-refractivity contribution >= 4 is 11.8 Å². The Labute approximate surface area is 161 Å². The number of aliphatic imine (C=N–C) groups is 2. The SMILES string of the molecule is CC(C)N(C(C)C)C1(N(C(C)C)C(C)C)N=C(C(F)(F)F)OC(C(F)(F)F)=N1. The Morgan fingerprint density at radius 2 is 0.893 bits per heavy atom. The molecule has 28 heavy (non-hydrogen) atoms. The van der Waals surface area contributed by atoms with E-state index in [9.17, 15) is 26.3 Å². The molecular weight excluding hydrogens is 390 g/mol. The van der Waals surface area contributed by atoms with E-state index in [0.717, 1.165) is 0 Å². The first kappa shape index (κ1) is 24.7. The molecule has 0 N–H and O–H groups in total. The normalized spacial score (nSPS) is 18.4. The van der Waals surface area contributed by atoms with E-state index in [1.54, 1.807) is 55.4 Å². The van der Waals surface area contributed by atoms with Crippen LogP contribution in [0.2, 0.25) is 0 Å². The zero-order valence-corrected chi connectivity index (χ0v) is 17.3. The van der Waals surface area contributed by atoms with Gasteiger partial charge in [0.1, 0.15) is 0 Å². The maximum absolute atomic E-state index is 13.5. The standard InChI is InChI=1S/C17H28F6N4O/c1-9(2)26(10(3)4)17(27(11(5)6)12(7)8)24-13(15(18,19)20)28-14(25-17)16(21,22)23/h9-12H,1-8H3. The van der Waals surface area contributed by atoms with E-state index < -0.39 is 54.2 Å². The maximum atomic E-state index is 13.5. The van der Waals surface area contributed by atoms with Crippen LogP contribution in [0.15, 0.2) is 9.98 Å². The number of ether oxygens (including phenoxy) is 1. The molecule has 11 heteroatoms. The largest absolute Gasteiger partial charge is 0.468 e. The second-order valence-corrected chi connectivity index (χ2v) is 7.72. The van der Waals surface area contributed by atoms with Gasteiger partial charge in [-0.3, -0.25) is 0 Å². The average Bonchev–Trinajstić information content (AvgIpc) is 2.42. The molecule has 1 rings (SSSR count). The second kappa shape index (κ2) is 8.17. The predicted molar refractivity (Wildman–Crippen MR) is 95.0 cm³/mol. The number of hydrogen-bond acceptors (Lipinski definition) is 5. The van der Waals surface area contributed by atoms with E-state index in [4.69, 9.17) is 0 Å². The predicted octanol–water partition coefficient (Wildman–Crippen LogP) is 4.79. The summed E-state index contributed by atoms with van der Waals surface area (Å²) in [4.78, 5) is 10.2. The van der Waals surface area contributed by atoms with Gasteiger partial charge >= 0.3 is 24.1 Å². The molecule has 1 aliphatic rings. The van der Waals surface area contributed by atoms with Crippen LogP contribution in [0.1, 0.15) is 55.4 Å². The lowest BCUT2D eigenvalue weighted by Gasteiger charge is -2.52. The van der Waals surface area contributed by atoms with Gasteiger partial charge in [-0.05, 0) is 55.4 Å². The van der Waals surface area contributed by atoms with Crippen LogP contribution in [0.25, 0.3) is 0 Å². The fraction of sp³-hybridized carbons (Fsp3) is 0.882. The first-order chi connectivity index (χ1) is 12.4. The second-order valence-electron chi connectivity index (χ2n) is 7.72. The lowest BCUT2D eigenvalue weighted by molar-refractivity contribution is -0.134. The van der Waals surface area contributed by atoms with E-state index in [0.29, 0.717) is 0 Å². The summed E-state index contributed by atoms with van der Waals surface area (Å²) in [6.07, 6.45) is -10.4. The van der Waals surface area contributed by atoms with Gasteiger partial charge in [-0.25, -0.2) is 9.80 Å². The quantitative estimate of drug-likeness (QED) is 0.460. The fourth-order valence-electron chi connectivity index (χ4n) is 3.62. The van der Waals surface area contributed by atoms with Crippen molar-refractivity contribution in [3.8, 4) is 0 Å². The highest BCUT2D eigenvalue weighted by molar-refractivity contribution is 5.98. The van der Waals surface area contributed by atoms with Crippen LogP contribution in [-0.2, 0) is 4.74 Å². The molecule has 0 atom stereocenters. The molecule has 1 aliphatic heterocycles. The molecule has 0 aliphatic carbocycles. The number of hydrogen-bond donors (Lipinski definition) is 0. The molecule has 0 saturated carbocycles. The zero-order valence-electron chi connectivity index (χ0n) is 17.3. The smallest absolute Gasteiger partial charge is 0.412 e. The van der Waals surface area contributed by atoms with Crippen LogP contribution >= 0.6 is 0 Å². The van der Waals surface area contributed by atoms with E-state index in [-0.39, 0.29) is 0 Å². The van der Waals surface area contributed by atoms with Crippen molar-refractivity contribution in [2.45, 2.75) is 97.8 Å². The van der Waals surface area contributed by atoms with Crippen molar-refractivity contribution < 1.29 is 31.1 Å². The highest BCUT2D eigenvalue weighted by atomic mass is 19.4. The Hall–Kier alpha value is -1.36. The van der Waals surface area contributed by atoms with Gasteiger partial charge < -0.3 is 4.74 Å². The van der Waals surface area contributed by atoms with Gasteiger partial charge in [-0.15, -0.1) is 0 Å². The molecule has 0 radical (unpaired) electrons. The Morgan fingerprint density at radius 1 is 0.643 bits per heavy atom. The summed E-state index contributed by atoms with van der Waals surface area (Å²) in [7, 11) is 0. The van der Waals surface area contributed by atoms with E-state index in [2.05, 4.69) is 14.7 Å². The molecule has 5 nitrogen and oxygen atoms in total. The number of nitrogens with zero attached hydrogens (tertiary/aromatic N) is 4. The van der Waals surface area contributed by atoms with E-state index in [1.807, 2.05) is 0 Å². The molecule has 164 valence electrons. The van der Waals surface area contributed by atoms with Crippen LogP contribution in [0.5, 0.6) is 0 Å². The molecule has 0 aromatic rings. The summed E-state index contributed by atoms with van der Waals surface area (Å²) >= 11 is 0. The first-order valence-electron chi connectivity index (χ1n) is 9.04. The van der Waals surface area contributed by atoms with Crippen molar-refractivity contribution in [1.29, 1.82) is 0 Å². The molecular formula is C17H28F6N4O. The molecule has 0 unspecified atom stereocenters. The molecule has 0 spiro atoms. The molecule has 0 aromatic heterocycles. The van der Waals surface area contributed by atoms with Crippen LogP contribution in [0, 0.1) is 0 Å². The van der Waals surface area contributed by atoms with Gasteiger partial charge in [0.05, 0.1) is 0 Å². The van der Waals surface area contributed by atoms with Gasteiger partial charge in [0.15, 0.2) is 0 Å². The highest BCUT2D eigenvalue weighted by Gasteiger charge is 2.57. The number of alkyl halides is 6. The average molecular weight is 418 g/mol. The minimum Gasteiger partial charge on any atom is -0.412 e. The van der Waals surface area contributed by atoms with Gasteiger partial charge in [0.2, 0.25) is 0 Å². The summed E-state index contributed by atoms with van der Waals surface area (Å²) in [5, 5.41) is 0. The lowest BCUT2D eigenvalue weighted by Crippen LogP contribution is -2.68. The summed E-state index contributed by atoms with van der Waals surface area (Å²) in [5.41, 5.74) is 0. The van der Waals surface area contributed by atoms with Crippen LogP contribution in [0.3, 0.4) is 0 Å². The van der Waals surface area contributed by atoms with Gasteiger partial charge in [-0.1, -0.05) is 0 Å². The molecule has 0 fully saturated rings. The Balaban J connectivity index is 3.99. The Kier molecular flexibility index (Phi) is 7.20.